The van der Waals surface area contributed by atoms with Gasteiger partial charge in [0.05, 0.1) is 16.9 Å². The lowest BCUT2D eigenvalue weighted by Gasteiger charge is -2.20. The molecule has 0 fully saturated rings. The van der Waals surface area contributed by atoms with Gasteiger partial charge in [-0.3, -0.25) is 0 Å². The maximum atomic E-state index is 12.5. The minimum Gasteiger partial charge on any atom is -0.423 e. The summed E-state index contributed by atoms with van der Waals surface area (Å²) in [5.74, 6) is 0.0574. The zero-order valence-electron chi connectivity index (χ0n) is 19.4. The minimum atomic E-state index is -0.401. The summed E-state index contributed by atoms with van der Waals surface area (Å²) in [6.45, 7) is 6.21. The predicted molar refractivity (Wildman–Crippen MR) is 137 cm³/mol. The van der Waals surface area contributed by atoms with Gasteiger partial charge in [0.25, 0.3) is 0 Å². The molecule has 5 nitrogen and oxygen atoms in total. The third kappa shape index (κ3) is 5.75. The lowest BCUT2D eigenvalue weighted by molar-refractivity contribution is 0.0735. The third-order valence-electron chi connectivity index (χ3n) is 5.53. The molecule has 0 atom stereocenters. The Morgan fingerprint density at radius 3 is 1.76 bits per heavy atom. The van der Waals surface area contributed by atoms with E-state index in [4.69, 9.17) is 4.74 Å². The van der Waals surface area contributed by atoms with Crippen LogP contribution in [0.2, 0.25) is 0 Å². The van der Waals surface area contributed by atoms with E-state index in [2.05, 4.69) is 41.1 Å². The van der Waals surface area contributed by atoms with Crippen molar-refractivity contribution < 1.29 is 9.53 Å². The summed E-state index contributed by atoms with van der Waals surface area (Å²) >= 11 is 0. The van der Waals surface area contributed by atoms with Crippen LogP contribution in [0.4, 0.5) is 17.1 Å². The van der Waals surface area contributed by atoms with Crippen LogP contribution in [0.1, 0.15) is 24.2 Å². The highest BCUT2D eigenvalue weighted by molar-refractivity contribution is 5.91. The summed E-state index contributed by atoms with van der Waals surface area (Å²) in [7, 11) is 0. The predicted octanol–water partition coefficient (Wildman–Crippen LogP) is 7.83. The highest BCUT2D eigenvalue weighted by Gasteiger charge is 2.09. The van der Waals surface area contributed by atoms with Crippen molar-refractivity contribution in [2.45, 2.75) is 13.8 Å². The standard InChI is InChI=1S/C29H27N3O2/c1-3-32(4-2)27-18-14-25(15-19-27)30-31-26-16-20-28(21-17-26)34-29(33)24-12-10-23(11-13-24)22-8-6-5-7-9-22/h5-21H,3-4H2,1-2H3. The largest absolute Gasteiger partial charge is 0.423 e. The molecule has 0 spiro atoms. The lowest BCUT2D eigenvalue weighted by atomic mass is 10.0. The van der Waals surface area contributed by atoms with Crippen molar-refractivity contribution in [1.29, 1.82) is 0 Å². The Morgan fingerprint density at radius 1 is 0.676 bits per heavy atom. The minimum absolute atomic E-state index is 0.401. The van der Waals surface area contributed by atoms with Gasteiger partial charge in [-0.15, -0.1) is 0 Å². The second-order valence-corrected chi connectivity index (χ2v) is 7.72. The SMILES string of the molecule is CCN(CC)c1ccc(N=Nc2ccc(OC(=O)c3ccc(-c4ccccc4)cc3)cc2)cc1. The van der Waals surface area contributed by atoms with Crippen LogP contribution in [0.5, 0.6) is 5.75 Å². The molecule has 0 aliphatic heterocycles. The first-order chi connectivity index (χ1) is 16.7. The van der Waals surface area contributed by atoms with Crippen LogP contribution >= 0.6 is 0 Å². The van der Waals surface area contributed by atoms with E-state index in [1.165, 1.54) is 5.69 Å². The van der Waals surface area contributed by atoms with Crippen molar-refractivity contribution in [2.24, 2.45) is 10.2 Å². The van der Waals surface area contributed by atoms with Gasteiger partial charge < -0.3 is 9.64 Å². The summed E-state index contributed by atoms with van der Waals surface area (Å²) in [5, 5.41) is 8.58. The lowest BCUT2D eigenvalue weighted by Crippen LogP contribution is -2.21. The first-order valence-corrected chi connectivity index (χ1v) is 11.4. The number of rotatable bonds is 8. The van der Waals surface area contributed by atoms with E-state index in [-0.39, 0.29) is 0 Å². The van der Waals surface area contributed by atoms with Gasteiger partial charge in [-0.2, -0.15) is 10.2 Å². The van der Waals surface area contributed by atoms with Gasteiger partial charge in [0.15, 0.2) is 0 Å². The molecule has 4 aromatic rings. The summed E-state index contributed by atoms with van der Waals surface area (Å²) in [6.07, 6.45) is 0. The molecule has 5 heteroatoms. The first-order valence-electron chi connectivity index (χ1n) is 11.4. The zero-order chi connectivity index (χ0) is 23.8. The Labute approximate surface area is 200 Å². The maximum absolute atomic E-state index is 12.5. The molecule has 4 rings (SSSR count). The average molecular weight is 450 g/mol. The number of carbonyl (C=O) groups is 1. The number of nitrogens with zero attached hydrogens (tertiary/aromatic N) is 3. The fourth-order valence-electron chi connectivity index (χ4n) is 3.61. The van der Waals surface area contributed by atoms with Gasteiger partial charge >= 0.3 is 5.97 Å². The molecule has 0 saturated carbocycles. The van der Waals surface area contributed by atoms with E-state index >= 15 is 0 Å². The van der Waals surface area contributed by atoms with Gasteiger partial charge in [-0.25, -0.2) is 4.79 Å². The molecular weight excluding hydrogens is 422 g/mol. The third-order valence-corrected chi connectivity index (χ3v) is 5.53. The van der Waals surface area contributed by atoms with Crippen LogP contribution in [0.3, 0.4) is 0 Å². The average Bonchev–Trinajstić information content (AvgIpc) is 2.90. The topological polar surface area (TPSA) is 54.3 Å². The molecule has 34 heavy (non-hydrogen) atoms. The highest BCUT2D eigenvalue weighted by Crippen LogP contribution is 2.24. The van der Waals surface area contributed by atoms with Crippen LogP contribution < -0.4 is 9.64 Å². The quantitative estimate of drug-likeness (QED) is 0.156. The van der Waals surface area contributed by atoms with E-state index in [0.29, 0.717) is 17.0 Å². The Hall–Kier alpha value is -4.25. The van der Waals surface area contributed by atoms with E-state index in [1.54, 1.807) is 36.4 Å². The molecule has 0 amide bonds. The van der Waals surface area contributed by atoms with Crippen LogP contribution in [0, 0.1) is 0 Å². The van der Waals surface area contributed by atoms with Crippen LogP contribution in [0.25, 0.3) is 11.1 Å². The van der Waals surface area contributed by atoms with Gasteiger partial charge in [0.1, 0.15) is 5.75 Å². The fourth-order valence-corrected chi connectivity index (χ4v) is 3.61. The molecular formula is C29H27N3O2. The fraction of sp³-hybridized carbons (Fsp3) is 0.138. The second-order valence-electron chi connectivity index (χ2n) is 7.72. The van der Waals surface area contributed by atoms with E-state index in [1.807, 2.05) is 54.6 Å². The monoisotopic (exact) mass is 449 g/mol. The molecule has 0 aliphatic carbocycles. The van der Waals surface area contributed by atoms with Gasteiger partial charge in [-0.1, -0.05) is 42.5 Å². The first kappa shape index (κ1) is 22.9. The molecule has 0 unspecified atom stereocenters. The Bertz CT molecular complexity index is 1230. The number of ether oxygens (including phenoxy) is 1. The summed E-state index contributed by atoms with van der Waals surface area (Å²) in [5.41, 5.74) is 5.29. The highest BCUT2D eigenvalue weighted by atomic mass is 16.5. The number of benzene rings is 4. The Balaban J connectivity index is 1.35. The van der Waals surface area contributed by atoms with Gasteiger partial charge in [0, 0.05) is 18.8 Å². The van der Waals surface area contributed by atoms with Crippen molar-refractivity contribution in [3.05, 3.63) is 109 Å². The molecule has 0 bridgehead atoms. The van der Waals surface area contributed by atoms with Crippen LogP contribution in [0.15, 0.2) is 113 Å². The molecule has 0 N–H and O–H groups in total. The number of anilines is 1. The number of azo groups is 1. The van der Waals surface area contributed by atoms with Crippen molar-refractivity contribution in [3.8, 4) is 16.9 Å². The zero-order valence-corrected chi connectivity index (χ0v) is 19.4. The van der Waals surface area contributed by atoms with E-state index in [0.717, 1.165) is 29.9 Å². The molecule has 0 aromatic heterocycles. The summed E-state index contributed by atoms with van der Waals surface area (Å²) < 4.78 is 5.50. The molecule has 4 aromatic carbocycles. The van der Waals surface area contributed by atoms with Crippen molar-refractivity contribution in [2.75, 3.05) is 18.0 Å². The van der Waals surface area contributed by atoms with E-state index in [9.17, 15) is 4.79 Å². The number of hydrogen-bond acceptors (Lipinski definition) is 5. The van der Waals surface area contributed by atoms with Crippen molar-refractivity contribution in [1.82, 2.24) is 0 Å². The van der Waals surface area contributed by atoms with Crippen LogP contribution in [-0.2, 0) is 0 Å². The normalized spacial score (nSPS) is 10.9. The number of esters is 1. The molecule has 0 heterocycles. The summed E-state index contributed by atoms with van der Waals surface area (Å²) in [4.78, 5) is 14.8. The maximum Gasteiger partial charge on any atom is 0.343 e. The summed E-state index contributed by atoms with van der Waals surface area (Å²) in [6, 6.07) is 32.4. The van der Waals surface area contributed by atoms with Crippen molar-refractivity contribution in [3.63, 3.8) is 0 Å². The Kier molecular flexibility index (Phi) is 7.45. The molecule has 0 radical (unpaired) electrons. The van der Waals surface area contributed by atoms with Gasteiger partial charge in [-0.05, 0) is 85.6 Å². The number of carbonyl (C=O) groups excluding carboxylic acids is 1. The number of hydrogen-bond donors (Lipinski definition) is 0. The molecule has 0 saturated heterocycles. The van der Waals surface area contributed by atoms with E-state index < -0.39 is 5.97 Å². The molecule has 170 valence electrons. The van der Waals surface area contributed by atoms with Gasteiger partial charge in [0.2, 0.25) is 0 Å². The molecule has 0 aliphatic rings. The smallest absolute Gasteiger partial charge is 0.343 e. The second kappa shape index (κ2) is 11.1. The van der Waals surface area contributed by atoms with Crippen LogP contribution in [-0.4, -0.2) is 19.1 Å². The Morgan fingerprint density at radius 2 is 1.21 bits per heavy atom. The van der Waals surface area contributed by atoms with Crippen molar-refractivity contribution >= 4 is 23.0 Å².